The molecule has 9 nitrogen and oxygen atoms in total. The summed E-state index contributed by atoms with van der Waals surface area (Å²) in [6, 6.07) is 9.66. The average Bonchev–Trinajstić information content (AvgIpc) is 3.57. The summed E-state index contributed by atoms with van der Waals surface area (Å²) in [5.41, 5.74) is 5.36. The smallest absolute Gasteiger partial charge is 0.268 e. The van der Waals surface area contributed by atoms with Gasteiger partial charge in [0.1, 0.15) is 11.3 Å². The minimum Gasteiger partial charge on any atom is -0.349 e. The number of hydrogen-bond donors (Lipinski definition) is 2. The van der Waals surface area contributed by atoms with Gasteiger partial charge in [-0.2, -0.15) is 4.98 Å². The number of likely N-dealkylation sites (tertiary alicyclic amines) is 1. The number of fused-ring (bicyclic) bond motifs is 1. The lowest BCUT2D eigenvalue weighted by Gasteiger charge is -2.14. The second kappa shape index (κ2) is 12.3. The summed E-state index contributed by atoms with van der Waals surface area (Å²) < 4.78 is 3.34. The van der Waals surface area contributed by atoms with E-state index in [-0.39, 0.29) is 11.5 Å². The number of nitrogens with zero attached hydrogens (tertiary/aromatic N) is 5. The molecule has 206 valence electrons. The van der Waals surface area contributed by atoms with Crippen molar-refractivity contribution in [3.8, 4) is 11.1 Å². The number of rotatable bonds is 7. The number of aryl methyl sites for hydroxylation is 4. The van der Waals surface area contributed by atoms with E-state index >= 15 is 0 Å². The second-order valence-electron chi connectivity index (χ2n) is 9.82. The van der Waals surface area contributed by atoms with Crippen LogP contribution in [-0.2, 0) is 14.1 Å². The molecular formula is C30H39N7O2. The van der Waals surface area contributed by atoms with Gasteiger partial charge in [-0.25, -0.2) is 4.98 Å². The first-order chi connectivity index (χ1) is 18.8. The SMILES string of the molecule is CC.Cc1cccc(C)c1-c1cc2cnc(Nc3cc(C(=O)NCCN4CCCC4)n(C)c3)nc2n(C)c1=O. The lowest BCUT2D eigenvalue weighted by molar-refractivity contribution is 0.0941. The Morgan fingerprint density at radius 1 is 1.05 bits per heavy atom. The van der Waals surface area contributed by atoms with Gasteiger partial charge in [-0.15, -0.1) is 0 Å². The molecule has 1 saturated heterocycles. The third-order valence-electron chi connectivity index (χ3n) is 7.10. The maximum Gasteiger partial charge on any atom is 0.268 e. The molecule has 1 aliphatic rings. The zero-order chi connectivity index (χ0) is 28.1. The molecule has 9 heteroatoms. The fourth-order valence-electron chi connectivity index (χ4n) is 5.14. The monoisotopic (exact) mass is 529 g/mol. The van der Waals surface area contributed by atoms with Crippen LogP contribution < -0.4 is 16.2 Å². The van der Waals surface area contributed by atoms with Gasteiger partial charge in [-0.05, 0) is 68.6 Å². The Bertz CT molecular complexity index is 1510. The number of anilines is 2. The van der Waals surface area contributed by atoms with E-state index in [9.17, 15) is 9.59 Å². The third-order valence-corrected chi connectivity index (χ3v) is 7.10. The van der Waals surface area contributed by atoms with E-state index in [1.807, 2.05) is 65.2 Å². The van der Waals surface area contributed by atoms with E-state index < -0.39 is 0 Å². The molecule has 1 fully saturated rings. The molecular weight excluding hydrogens is 490 g/mol. The van der Waals surface area contributed by atoms with Gasteiger partial charge in [0.05, 0.1) is 5.69 Å². The summed E-state index contributed by atoms with van der Waals surface area (Å²) in [5.74, 6) is 0.240. The molecule has 1 aliphatic heterocycles. The van der Waals surface area contributed by atoms with Crippen LogP contribution >= 0.6 is 0 Å². The first kappa shape index (κ1) is 28.0. The fourth-order valence-corrected chi connectivity index (χ4v) is 5.14. The van der Waals surface area contributed by atoms with Gasteiger partial charge in [0.15, 0.2) is 0 Å². The van der Waals surface area contributed by atoms with Crippen LogP contribution in [0.25, 0.3) is 22.2 Å². The van der Waals surface area contributed by atoms with E-state index in [0.29, 0.717) is 35.1 Å². The van der Waals surface area contributed by atoms with Crippen LogP contribution in [0.2, 0.25) is 0 Å². The van der Waals surface area contributed by atoms with Crippen LogP contribution in [0.4, 0.5) is 11.6 Å². The third kappa shape index (κ3) is 6.04. The van der Waals surface area contributed by atoms with Crippen molar-refractivity contribution in [1.82, 2.24) is 29.3 Å². The highest BCUT2D eigenvalue weighted by Gasteiger charge is 2.17. The van der Waals surface area contributed by atoms with E-state index in [2.05, 4.69) is 25.5 Å². The van der Waals surface area contributed by atoms with Crippen LogP contribution in [0.5, 0.6) is 0 Å². The lowest BCUT2D eigenvalue weighted by Crippen LogP contribution is -2.34. The number of amides is 1. The highest BCUT2D eigenvalue weighted by Crippen LogP contribution is 2.27. The molecule has 2 N–H and O–H groups in total. The molecule has 0 unspecified atom stereocenters. The summed E-state index contributed by atoms with van der Waals surface area (Å²) in [6.45, 7) is 11.7. The van der Waals surface area contributed by atoms with E-state index in [1.165, 1.54) is 12.8 Å². The van der Waals surface area contributed by atoms with Crippen molar-refractivity contribution in [3.63, 3.8) is 0 Å². The van der Waals surface area contributed by atoms with Crippen molar-refractivity contribution >= 4 is 28.6 Å². The van der Waals surface area contributed by atoms with Crippen molar-refractivity contribution in [2.24, 2.45) is 14.1 Å². The number of aromatic nitrogens is 4. The summed E-state index contributed by atoms with van der Waals surface area (Å²) >= 11 is 0. The second-order valence-corrected chi connectivity index (χ2v) is 9.82. The van der Waals surface area contributed by atoms with E-state index in [1.54, 1.807) is 28.4 Å². The molecule has 39 heavy (non-hydrogen) atoms. The first-order valence-corrected chi connectivity index (χ1v) is 13.7. The van der Waals surface area contributed by atoms with Gasteiger partial charge in [0, 0.05) is 50.5 Å². The Hall–Kier alpha value is -3.98. The molecule has 1 amide bonds. The number of carbonyl (C=O) groups excluding carboxylic acids is 1. The van der Waals surface area contributed by atoms with Crippen molar-refractivity contribution < 1.29 is 4.79 Å². The average molecular weight is 530 g/mol. The van der Waals surface area contributed by atoms with Gasteiger partial charge < -0.3 is 20.1 Å². The van der Waals surface area contributed by atoms with Gasteiger partial charge in [0.2, 0.25) is 5.95 Å². The zero-order valence-corrected chi connectivity index (χ0v) is 23.8. The van der Waals surface area contributed by atoms with Crippen molar-refractivity contribution in [2.45, 2.75) is 40.5 Å². The molecule has 0 spiro atoms. The predicted molar refractivity (Wildman–Crippen MR) is 158 cm³/mol. The van der Waals surface area contributed by atoms with E-state index in [4.69, 9.17) is 0 Å². The van der Waals surface area contributed by atoms with Crippen molar-refractivity contribution in [2.75, 3.05) is 31.5 Å². The van der Waals surface area contributed by atoms with Crippen LogP contribution in [0.1, 0.15) is 48.3 Å². The predicted octanol–water partition coefficient (Wildman–Crippen LogP) is 4.55. The largest absolute Gasteiger partial charge is 0.349 e. The summed E-state index contributed by atoms with van der Waals surface area (Å²) in [4.78, 5) is 37.5. The number of benzene rings is 1. The van der Waals surface area contributed by atoms with Crippen molar-refractivity contribution in [1.29, 1.82) is 0 Å². The standard InChI is InChI=1S/C28H33N7O2.C2H6/c1-18-8-7-9-19(2)24(18)22-14-20-16-30-28(32-25(20)34(4)27(22)37)31-21-15-23(33(3)17-21)26(36)29-10-13-35-11-5-6-12-35;1-2/h7-9,14-17H,5-6,10-13H2,1-4H3,(H,29,36)(H,30,31,32);1-2H3. The maximum absolute atomic E-state index is 13.3. The molecule has 0 aliphatic carbocycles. The van der Waals surface area contributed by atoms with Gasteiger partial charge in [-0.3, -0.25) is 14.2 Å². The zero-order valence-electron chi connectivity index (χ0n) is 23.8. The molecule has 0 atom stereocenters. The van der Waals surface area contributed by atoms with Crippen LogP contribution in [0.3, 0.4) is 0 Å². The van der Waals surface area contributed by atoms with Crippen LogP contribution in [0, 0.1) is 13.8 Å². The molecule has 0 bridgehead atoms. The maximum atomic E-state index is 13.3. The minimum atomic E-state index is -0.115. The summed E-state index contributed by atoms with van der Waals surface area (Å²) in [6.07, 6.45) is 6.01. The Kier molecular flexibility index (Phi) is 8.81. The highest BCUT2D eigenvalue weighted by atomic mass is 16.2. The Balaban J connectivity index is 0.00000172. The van der Waals surface area contributed by atoms with E-state index in [0.717, 1.165) is 41.7 Å². The van der Waals surface area contributed by atoms with Crippen LogP contribution in [-0.4, -0.2) is 56.1 Å². The number of pyridine rings is 1. The first-order valence-electron chi connectivity index (χ1n) is 13.7. The Morgan fingerprint density at radius 2 is 1.74 bits per heavy atom. The Morgan fingerprint density at radius 3 is 2.44 bits per heavy atom. The molecule has 1 aromatic carbocycles. The summed E-state index contributed by atoms with van der Waals surface area (Å²) in [7, 11) is 3.56. The number of hydrogen-bond acceptors (Lipinski definition) is 6. The number of carbonyl (C=O) groups is 1. The van der Waals surface area contributed by atoms with Gasteiger partial charge in [0.25, 0.3) is 11.5 Å². The Labute approximate surface area is 229 Å². The van der Waals surface area contributed by atoms with Crippen molar-refractivity contribution in [3.05, 3.63) is 69.9 Å². The normalized spacial score (nSPS) is 13.3. The lowest BCUT2D eigenvalue weighted by atomic mass is 9.96. The molecule has 5 rings (SSSR count). The number of nitrogens with one attached hydrogen (secondary N) is 2. The quantitative estimate of drug-likeness (QED) is 0.365. The summed E-state index contributed by atoms with van der Waals surface area (Å²) in [5, 5.41) is 6.96. The fraction of sp³-hybridized carbons (Fsp3) is 0.400. The van der Waals surface area contributed by atoms with Gasteiger partial charge >= 0.3 is 0 Å². The molecule has 0 radical (unpaired) electrons. The highest BCUT2D eigenvalue weighted by molar-refractivity contribution is 5.94. The molecule has 0 saturated carbocycles. The van der Waals surface area contributed by atoms with Crippen LogP contribution in [0.15, 0.2) is 47.5 Å². The topological polar surface area (TPSA) is 97.1 Å². The molecule has 3 aromatic heterocycles. The minimum absolute atomic E-state index is 0.109. The molecule has 4 heterocycles. The van der Waals surface area contributed by atoms with Gasteiger partial charge in [-0.1, -0.05) is 32.0 Å². The molecule has 4 aromatic rings.